The first-order valence-electron chi connectivity index (χ1n) is 7.19. The van der Waals surface area contributed by atoms with E-state index in [0.29, 0.717) is 12.1 Å². The molecule has 2 atom stereocenters. The van der Waals surface area contributed by atoms with Crippen LogP contribution in [0.4, 0.5) is 5.82 Å². The van der Waals surface area contributed by atoms with Gasteiger partial charge >= 0.3 is 0 Å². The lowest BCUT2D eigenvalue weighted by atomic mass is 10.1. The van der Waals surface area contributed by atoms with Gasteiger partial charge in [-0.25, -0.2) is 9.97 Å². The van der Waals surface area contributed by atoms with Crippen molar-refractivity contribution in [2.45, 2.75) is 51.2 Å². The monoisotopic (exact) mass is 325 g/mol. The molecule has 0 aromatic carbocycles. The molecule has 5 heteroatoms. The second-order valence-corrected chi connectivity index (χ2v) is 6.13. The fourth-order valence-electron chi connectivity index (χ4n) is 3.14. The zero-order chi connectivity index (χ0) is 13.2. The second-order valence-electron chi connectivity index (χ2n) is 5.32. The lowest BCUT2D eigenvalue weighted by molar-refractivity contribution is 0.0253. The van der Waals surface area contributed by atoms with Crippen molar-refractivity contribution in [1.82, 2.24) is 9.97 Å². The smallest absolute Gasteiger partial charge is 0.133 e. The lowest BCUT2D eigenvalue weighted by Gasteiger charge is -2.38. The van der Waals surface area contributed by atoms with E-state index < -0.39 is 0 Å². The normalized spacial score (nSPS) is 26.5. The highest BCUT2D eigenvalue weighted by Gasteiger charge is 2.36. The highest BCUT2D eigenvalue weighted by atomic mass is 79.9. The average Bonchev–Trinajstić information content (AvgIpc) is 2.86. The SMILES string of the molecule is CCCc1nc(Br)cc(N2CCOC3CCCC32)n1. The van der Waals surface area contributed by atoms with E-state index in [1.165, 1.54) is 19.3 Å². The first kappa shape index (κ1) is 13.3. The largest absolute Gasteiger partial charge is 0.374 e. The summed E-state index contributed by atoms with van der Waals surface area (Å²) < 4.78 is 6.76. The van der Waals surface area contributed by atoms with Gasteiger partial charge in [-0.05, 0) is 41.6 Å². The molecule has 0 amide bonds. The Morgan fingerprint density at radius 3 is 3.16 bits per heavy atom. The van der Waals surface area contributed by atoms with Crippen molar-refractivity contribution in [1.29, 1.82) is 0 Å². The van der Waals surface area contributed by atoms with Crippen LogP contribution in [-0.4, -0.2) is 35.3 Å². The van der Waals surface area contributed by atoms with Crippen LogP contribution in [0.15, 0.2) is 10.7 Å². The molecule has 4 nitrogen and oxygen atoms in total. The predicted octanol–water partition coefficient (Wildman–Crippen LogP) is 2.95. The van der Waals surface area contributed by atoms with Crippen molar-refractivity contribution in [2.24, 2.45) is 0 Å². The number of ether oxygens (including phenoxy) is 1. The summed E-state index contributed by atoms with van der Waals surface area (Å²) >= 11 is 3.51. The van der Waals surface area contributed by atoms with E-state index in [2.05, 4.69) is 32.7 Å². The molecular formula is C14H20BrN3O. The summed E-state index contributed by atoms with van der Waals surface area (Å²) in [5.41, 5.74) is 0. The minimum absolute atomic E-state index is 0.400. The molecule has 1 aliphatic carbocycles. The van der Waals surface area contributed by atoms with Crippen LogP contribution in [0.25, 0.3) is 0 Å². The molecule has 1 aromatic rings. The van der Waals surface area contributed by atoms with E-state index in [1.807, 2.05) is 6.07 Å². The molecule has 0 spiro atoms. The van der Waals surface area contributed by atoms with Gasteiger partial charge in [0.25, 0.3) is 0 Å². The van der Waals surface area contributed by atoms with Gasteiger partial charge in [-0.2, -0.15) is 0 Å². The Bertz CT molecular complexity index is 454. The molecule has 2 fully saturated rings. The maximum absolute atomic E-state index is 5.86. The van der Waals surface area contributed by atoms with Crippen molar-refractivity contribution in [2.75, 3.05) is 18.1 Å². The summed E-state index contributed by atoms with van der Waals surface area (Å²) in [6.07, 6.45) is 6.08. The minimum atomic E-state index is 0.400. The van der Waals surface area contributed by atoms with Crippen molar-refractivity contribution in [3.63, 3.8) is 0 Å². The zero-order valence-electron chi connectivity index (χ0n) is 11.3. The summed E-state index contributed by atoms with van der Waals surface area (Å²) in [5.74, 6) is 2.00. The van der Waals surface area contributed by atoms with Crippen LogP contribution in [0, 0.1) is 0 Å². The number of halogens is 1. The summed E-state index contributed by atoms with van der Waals surface area (Å²) in [5, 5.41) is 0. The topological polar surface area (TPSA) is 38.2 Å². The number of morpholine rings is 1. The number of rotatable bonds is 3. The third kappa shape index (κ3) is 2.77. The van der Waals surface area contributed by atoms with Crippen molar-refractivity contribution in [3.8, 4) is 0 Å². The van der Waals surface area contributed by atoms with E-state index >= 15 is 0 Å². The molecule has 1 saturated carbocycles. The van der Waals surface area contributed by atoms with E-state index in [-0.39, 0.29) is 0 Å². The highest BCUT2D eigenvalue weighted by molar-refractivity contribution is 9.10. The Hall–Kier alpha value is -0.680. The van der Waals surface area contributed by atoms with Crippen LogP contribution in [0.2, 0.25) is 0 Å². The van der Waals surface area contributed by atoms with Crippen LogP contribution in [-0.2, 0) is 11.2 Å². The molecule has 2 aliphatic rings. The van der Waals surface area contributed by atoms with Crippen LogP contribution >= 0.6 is 15.9 Å². The molecule has 2 heterocycles. The van der Waals surface area contributed by atoms with Crippen molar-refractivity contribution < 1.29 is 4.74 Å². The van der Waals surface area contributed by atoms with E-state index in [9.17, 15) is 0 Å². The molecule has 1 saturated heterocycles. The summed E-state index contributed by atoms with van der Waals surface area (Å²) in [6.45, 7) is 3.91. The Morgan fingerprint density at radius 2 is 2.32 bits per heavy atom. The second kappa shape index (κ2) is 5.75. The molecule has 1 aromatic heterocycles. The van der Waals surface area contributed by atoms with Gasteiger partial charge in [0.15, 0.2) is 0 Å². The van der Waals surface area contributed by atoms with E-state index in [0.717, 1.165) is 42.2 Å². The Balaban J connectivity index is 1.87. The van der Waals surface area contributed by atoms with Gasteiger partial charge in [0.2, 0.25) is 0 Å². The molecule has 0 N–H and O–H groups in total. The third-order valence-electron chi connectivity index (χ3n) is 3.98. The van der Waals surface area contributed by atoms with E-state index in [1.54, 1.807) is 0 Å². The first-order valence-corrected chi connectivity index (χ1v) is 7.99. The maximum Gasteiger partial charge on any atom is 0.133 e. The number of aromatic nitrogens is 2. The van der Waals surface area contributed by atoms with Gasteiger partial charge in [-0.1, -0.05) is 6.92 Å². The molecule has 19 heavy (non-hydrogen) atoms. The quantitative estimate of drug-likeness (QED) is 0.801. The lowest BCUT2D eigenvalue weighted by Crippen LogP contribution is -2.49. The maximum atomic E-state index is 5.86. The average molecular weight is 326 g/mol. The number of fused-ring (bicyclic) bond motifs is 1. The summed E-state index contributed by atoms with van der Waals surface area (Å²) in [6, 6.07) is 2.55. The van der Waals surface area contributed by atoms with Gasteiger partial charge in [0.05, 0.1) is 18.8 Å². The van der Waals surface area contributed by atoms with Gasteiger partial charge in [-0.3, -0.25) is 0 Å². The molecule has 3 rings (SSSR count). The van der Waals surface area contributed by atoms with Crippen LogP contribution in [0.5, 0.6) is 0 Å². The number of anilines is 1. The number of nitrogens with zero attached hydrogens (tertiary/aromatic N) is 3. The van der Waals surface area contributed by atoms with Gasteiger partial charge < -0.3 is 9.64 Å². The predicted molar refractivity (Wildman–Crippen MR) is 78.5 cm³/mol. The van der Waals surface area contributed by atoms with Crippen LogP contribution < -0.4 is 4.90 Å². The number of hydrogen-bond donors (Lipinski definition) is 0. The Labute approximate surface area is 122 Å². The first-order chi connectivity index (χ1) is 9.28. The van der Waals surface area contributed by atoms with Gasteiger partial charge in [0, 0.05) is 19.0 Å². The van der Waals surface area contributed by atoms with Crippen LogP contribution in [0.1, 0.15) is 38.4 Å². The standard InChI is InChI=1S/C14H20BrN3O/c1-2-4-13-16-12(15)9-14(17-13)18-7-8-19-11-6-3-5-10(11)18/h9-11H,2-8H2,1H3. The van der Waals surface area contributed by atoms with Crippen LogP contribution in [0.3, 0.4) is 0 Å². The van der Waals surface area contributed by atoms with Crippen molar-refractivity contribution in [3.05, 3.63) is 16.5 Å². The fraction of sp³-hybridized carbons (Fsp3) is 0.714. The molecule has 0 radical (unpaired) electrons. The van der Waals surface area contributed by atoms with Gasteiger partial charge in [-0.15, -0.1) is 0 Å². The molecule has 2 unspecified atom stereocenters. The summed E-state index contributed by atoms with van der Waals surface area (Å²) in [7, 11) is 0. The zero-order valence-corrected chi connectivity index (χ0v) is 12.9. The molecule has 0 bridgehead atoms. The van der Waals surface area contributed by atoms with Gasteiger partial charge in [0.1, 0.15) is 16.2 Å². The summed E-state index contributed by atoms with van der Waals surface area (Å²) in [4.78, 5) is 11.6. The number of hydrogen-bond acceptors (Lipinski definition) is 4. The molecular weight excluding hydrogens is 306 g/mol. The minimum Gasteiger partial charge on any atom is -0.374 e. The molecule has 1 aliphatic heterocycles. The molecule has 104 valence electrons. The Kier molecular flexibility index (Phi) is 4.03. The Morgan fingerprint density at radius 1 is 1.42 bits per heavy atom. The fourth-order valence-corrected chi connectivity index (χ4v) is 3.55. The highest BCUT2D eigenvalue weighted by Crippen LogP contribution is 2.32. The van der Waals surface area contributed by atoms with Crippen molar-refractivity contribution >= 4 is 21.7 Å². The number of aryl methyl sites for hydroxylation is 1. The van der Waals surface area contributed by atoms with E-state index in [4.69, 9.17) is 9.72 Å². The third-order valence-corrected chi connectivity index (χ3v) is 4.38.